The van der Waals surface area contributed by atoms with Crippen LogP contribution in [0.4, 0.5) is 36.8 Å². The van der Waals surface area contributed by atoms with Gasteiger partial charge in [-0.05, 0) is 43.2 Å². The molecule has 3 aromatic carbocycles. The molecular weight excluding hydrogens is 554 g/mol. The molecule has 214 valence electrons. The van der Waals surface area contributed by atoms with Crippen molar-refractivity contribution < 1.29 is 35.9 Å². The Morgan fingerprint density at radius 1 is 1.00 bits per heavy atom. The standard InChI is InChI=1S/C28H22F6N4O3/c1-16(17-8-3-2-4-9-17)38(26(40)36-19-11-5-6-13-22(19)41-28(32,33)34)21-14-15-37-24(21)35-20-12-7-10-18(27(29,30)31)23(20)25(37)39/h2-13,16,21H,14-15H2,1H3,(H,36,40)/t16-,21?/m0/s1. The molecule has 1 N–H and O–H groups in total. The zero-order valence-electron chi connectivity index (χ0n) is 21.3. The number of rotatable bonds is 5. The summed E-state index contributed by atoms with van der Waals surface area (Å²) >= 11 is 0. The molecule has 0 radical (unpaired) electrons. The van der Waals surface area contributed by atoms with Gasteiger partial charge in [0.15, 0.2) is 5.75 Å². The summed E-state index contributed by atoms with van der Waals surface area (Å²) in [5.74, 6) is -0.563. The van der Waals surface area contributed by atoms with Crippen LogP contribution in [0.5, 0.6) is 5.75 Å². The number of fused-ring (bicyclic) bond motifs is 2. The maximum atomic E-state index is 13.8. The highest BCUT2D eigenvalue weighted by molar-refractivity contribution is 5.91. The number of benzene rings is 3. The van der Waals surface area contributed by atoms with E-state index in [0.717, 1.165) is 22.8 Å². The van der Waals surface area contributed by atoms with E-state index < -0.39 is 52.9 Å². The molecule has 1 aliphatic rings. The number of ether oxygens (including phenoxy) is 1. The summed E-state index contributed by atoms with van der Waals surface area (Å²) in [6.45, 7) is 1.67. The molecule has 5 rings (SSSR count). The van der Waals surface area contributed by atoms with E-state index in [0.29, 0.717) is 5.56 Å². The molecule has 7 nitrogen and oxygen atoms in total. The Kier molecular flexibility index (Phi) is 7.14. The second-order valence-corrected chi connectivity index (χ2v) is 9.40. The van der Waals surface area contributed by atoms with Crippen LogP contribution in [0.3, 0.4) is 0 Å². The summed E-state index contributed by atoms with van der Waals surface area (Å²) in [6.07, 6.45) is -9.67. The fourth-order valence-corrected chi connectivity index (χ4v) is 5.07. The molecular formula is C28H22F6N4O3. The average Bonchev–Trinajstić information content (AvgIpc) is 3.32. The van der Waals surface area contributed by atoms with E-state index in [1.54, 1.807) is 37.3 Å². The van der Waals surface area contributed by atoms with Gasteiger partial charge in [0.05, 0.1) is 34.2 Å². The largest absolute Gasteiger partial charge is 0.573 e. The molecule has 0 spiro atoms. The van der Waals surface area contributed by atoms with Gasteiger partial charge in [-0.2, -0.15) is 13.2 Å². The number of hydrogen-bond acceptors (Lipinski definition) is 4. The van der Waals surface area contributed by atoms with Crippen LogP contribution in [0, 0.1) is 0 Å². The number of anilines is 1. The Bertz CT molecular complexity index is 1650. The van der Waals surface area contributed by atoms with Crippen molar-refractivity contribution in [2.75, 3.05) is 5.32 Å². The van der Waals surface area contributed by atoms with E-state index in [4.69, 9.17) is 0 Å². The maximum Gasteiger partial charge on any atom is 0.573 e. The van der Waals surface area contributed by atoms with Crippen molar-refractivity contribution in [3.8, 4) is 5.75 Å². The first kappa shape index (κ1) is 28.0. The van der Waals surface area contributed by atoms with Crippen molar-refractivity contribution in [3.05, 3.63) is 100 Å². The summed E-state index contributed by atoms with van der Waals surface area (Å²) in [7, 11) is 0. The second-order valence-electron chi connectivity index (χ2n) is 9.40. The number of nitrogens with one attached hydrogen (secondary N) is 1. The Balaban J connectivity index is 1.60. The second kappa shape index (κ2) is 10.5. The number of hydrogen-bond donors (Lipinski definition) is 1. The highest BCUT2D eigenvalue weighted by Gasteiger charge is 2.40. The van der Waals surface area contributed by atoms with Gasteiger partial charge in [0.2, 0.25) is 0 Å². The Labute approximate surface area is 229 Å². The minimum Gasteiger partial charge on any atom is -0.404 e. The summed E-state index contributed by atoms with van der Waals surface area (Å²) in [4.78, 5) is 32.8. The fraction of sp³-hybridized carbons (Fsp3) is 0.250. The van der Waals surface area contributed by atoms with E-state index in [1.807, 2.05) is 0 Å². The van der Waals surface area contributed by atoms with Gasteiger partial charge in [-0.3, -0.25) is 9.36 Å². The van der Waals surface area contributed by atoms with Gasteiger partial charge in [0, 0.05) is 6.54 Å². The molecule has 13 heteroatoms. The first-order chi connectivity index (χ1) is 19.3. The van der Waals surface area contributed by atoms with Gasteiger partial charge in [0.25, 0.3) is 5.56 Å². The van der Waals surface area contributed by atoms with Crippen LogP contribution < -0.4 is 15.6 Å². The quantitative estimate of drug-likeness (QED) is 0.258. The van der Waals surface area contributed by atoms with Crippen molar-refractivity contribution in [3.63, 3.8) is 0 Å². The van der Waals surface area contributed by atoms with E-state index in [1.165, 1.54) is 29.2 Å². The average molecular weight is 576 g/mol. The molecule has 1 unspecified atom stereocenters. The summed E-state index contributed by atoms with van der Waals surface area (Å²) in [5, 5.41) is 1.90. The summed E-state index contributed by atoms with van der Waals surface area (Å²) in [6, 6.07) is 14.6. The van der Waals surface area contributed by atoms with E-state index in [-0.39, 0.29) is 30.0 Å². The molecule has 0 fully saturated rings. The zero-order chi connectivity index (χ0) is 29.5. The molecule has 4 aromatic rings. The number of alkyl halides is 6. The molecule has 2 heterocycles. The lowest BCUT2D eigenvalue weighted by Gasteiger charge is -2.34. The molecule has 1 aromatic heterocycles. The molecule has 2 amide bonds. The van der Waals surface area contributed by atoms with Crippen LogP contribution in [-0.2, 0) is 12.7 Å². The number of halogens is 6. The van der Waals surface area contributed by atoms with E-state index in [9.17, 15) is 35.9 Å². The van der Waals surface area contributed by atoms with Crippen LogP contribution in [-0.4, -0.2) is 26.8 Å². The van der Waals surface area contributed by atoms with Gasteiger partial charge in [-0.25, -0.2) is 9.78 Å². The molecule has 0 saturated carbocycles. The lowest BCUT2D eigenvalue weighted by atomic mass is 10.0. The monoisotopic (exact) mass is 576 g/mol. The third kappa shape index (κ3) is 5.56. The van der Waals surface area contributed by atoms with Gasteiger partial charge in [-0.15, -0.1) is 13.2 Å². The smallest absolute Gasteiger partial charge is 0.404 e. The summed E-state index contributed by atoms with van der Waals surface area (Å²) < 4.78 is 85.2. The lowest BCUT2D eigenvalue weighted by molar-refractivity contribution is -0.274. The van der Waals surface area contributed by atoms with Crippen LogP contribution in [0.15, 0.2) is 77.6 Å². The summed E-state index contributed by atoms with van der Waals surface area (Å²) in [5.41, 5.74) is -1.77. The van der Waals surface area contributed by atoms with Crippen molar-refractivity contribution in [1.82, 2.24) is 14.5 Å². The first-order valence-corrected chi connectivity index (χ1v) is 12.4. The Hall–Kier alpha value is -4.55. The maximum absolute atomic E-state index is 13.8. The predicted octanol–water partition coefficient (Wildman–Crippen LogP) is 7.05. The van der Waals surface area contributed by atoms with Crippen LogP contribution in [0.1, 0.15) is 42.4 Å². The number of nitrogens with zero attached hydrogens (tertiary/aromatic N) is 3. The third-order valence-electron chi connectivity index (χ3n) is 6.87. The number of carbonyl (C=O) groups is 1. The zero-order valence-corrected chi connectivity index (χ0v) is 21.3. The third-order valence-corrected chi connectivity index (χ3v) is 6.87. The number of carbonyl (C=O) groups excluding carboxylic acids is 1. The van der Waals surface area contributed by atoms with Crippen LogP contribution >= 0.6 is 0 Å². The van der Waals surface area contributed by atoms with Crippen LogP contribution in [0.2, 0.25) is 0 Å². The molecule has 1 aliphatic heterocycles. The van der Waals surface area contributed by atoms with Crippen molar-refractivity contribution >= 4 is 22.6 Å². The van der Waals surface area contributed by atoms with Gasteiger partial charge < -0.3 is 15.0 Å². The van der Waals surface area contributed by atoms with Crippen molar-refractivity contribution in [1.29, 1.82) is 0 Å². The van der Waals surface area contributed by atoms with Gasteiger partial charge >= 0.3 is 18.6 Å². The highest BCUT2D eigenvalue weighted by Crippen LogP contribution is 2.39. The molecule has 2 atom stereocenters. The van der Waals surface area contributed by atoms with Crippen molar-refractivity contribution in [2.45, 2.75) is 44.5 Å². The lowest BCUT2D eigenvalue weighted by Crippen LogP contribution is -2.40. The van der Waals surface area contributed by atoms with E-state index in [2.05, 4.69) is 15.0 Å². The number of urea groups is 1. The van der Waals surface area contributed by atoms with Crippen molar-refractivity contribution in [2.24, 2.45) is 0 Å². The topological polar surface area (TPSA) is 76.5 Å². The highest BCUT2D eigenvalue weighted by atomic mass is 19.4. The number of aromatic nitrogens is 2. The van der Waals surface area contributed by atoms with Crippen LogP contribution in [0.25, 0.3) is 10.9 Å². The van der Waals surface area contributed by atoms with Gasteiger partial charge in [0.1, 0.15) is 5.82 Å². The van der Waals surface area contributed by atoms with Gasteiger partial charge in [-0.1, -0.05) is 48.5 Å². The fourth-order valence-electron chi connectivity index (χ4n) is 5.07. The Morgan fingerprint density at radius 3 is 2.37 bits per heavy atom. The minimum atomic E-state index is -5.01. The van der Waals surface area contributed by atoms with E-state index >= 15 is 0 Å². The molecule has 0 bridgehead atoms. The SMILES string of the molecule is C[C@@H](c1ccccc1)N(C(=O)Nc1ccccc1OC(F)(F)F)C1CCn2c1nc1cccc(C(F)(F)F)c1c2=O. The Morgan fingerprint density at radius 2 is 1.68 bits per heavy atom. The normalized spacial score (nSPS) is 15.8. The molecule has 0 saturated heterocycles. The first-order valence-electron chi connectivity index (χ1n) is 12.4. The molecule has 0 aliphatic carbocycles. The number of amides is 2. The molecule has 41 heavy (non-hydrogen) atoms. The number of para-hydroxylation sites is 2. The predicted molar refractivity (Wildman–Crippen MR) is 137 cm³/mol. The minimum absolute atomic E-state index is 0.0208.